The predicted molar refractivity (Wildman–Crippen MR) is 99.4 cm³/mol. The molecule has 0 unspecified atom stereocenters. The molecular weight excluding hydrogens is 338 g/mol. The van der Waals surface area contributed by atoms with Crippen molar-refractivity contribution in [3.05, 3.63) is 29.1 Å². The SMILES string of the molecule is COc1ccc2cc(C(=O)NCC(=O)NCCN3CCCC3)sc2c1. The average molecular weight is 361 g/mol. The minimum Gasteiger partial charge on any atom is -0.497 e. The second-order valence-electron chi connectivity index (χ2n) is 6.10. The Kier molecular flexibility index (Phi) is 5.88. The highest BCUT2D eigenvalue weighted by atomic mass is 32.1. The summed E-state index contributed by atoms with van der Waals surface area (Å²) in [6.07, 6.45) is 2.48. The molecule has 0 atom stereocenters. The Bertz CT molecular complexity index is 753. The summed E-state index contributed by atoms with van der Waals surface area (Å²) in [7, 11) is 1.62. The van der Waals surface area contributed by atoms with E-state index in [1.807, 2.05) is 24.3 Å². The van der Waals surface area contributed by atoms with Crippen molar-refractivity contribution in [3.63, 3.8) is 0 Å². The van der Waals surface area contributed by atoms with Crippen LogP contribution in [0.15, 0.2) is 24.3 Å². The van der Waals surface area contributed by atoms with Gasteiger partial charge in [0.2, 0.25) is 5.91 Å². The smallest absolute Gasteiger partial charge is 0.261 e. The van der Waals surface area contributed by atoms with Crippen LogP contribution in [0.25, 0.3) is 10.1 Å². The van der Waals surface area contributed by atoms with Crippen molar-refractivity contribution in [2.45, 2.75) is 12.8 Å². The molecule has 1 aromatic carbocycles. The Morgan fingerprint density at radius 2 is 2.00 bits per heavy atom. The Labute approximate surface area is 151 Å². The molecule has 1 aliphatic rings. The van der Waals surface area contributed by atoms with Crippen molar-refractivity contribution < 1.29 is 14.3 Å². The van der Waals surface area contributed by atoms with Gasteiger partial charge in [0.15, 0.2) is 0 Å². The molecule has 2 amide bonds. The first-order valence-electron chi connectivity index (χ1n) is 8.50. The second kappa shape index (κ2) is 8.31. The van der Waals surface area contributed by atoms with E-state index in [-0.39, 0.29) is 18.4 Å². The third-order valence-electron chi connectivity index (χ3n) is 4.31. The molecule has 1 aromatic heterocycles. The number of likely N-dealkylation sites (tertiary alicyclic amines) is 1. The van der Waals surface area contributed by atoms with Gasteiger partial charge in [-0.3, -0.25) is 9.59 Å². The Morgan fingerprint density at radius 3 is 2.76 bits per heavy atom. The average Bonchev–Trinajstić information content (AvgIpc) is 3.28. The van der Waals surface area contributed by atoms with Crippen LogP contribution in [0, 0.1) is 0 Å². The summed E-state index contributed by atoms with van der Waals surface area (Å²) >= 11 is 1.39. The first kappa shape index (κ1) is 17.7. The van der Waals surface area contributed by atoms with E-state index in [4.69, 9.17) is 4.74 Å². The van der Waals surface area contributed by atoms with Crippen molar-refractivity contribution in [1.82, 2.24) is 15.5 Å². The van der Waals surface area contributed by atoms with E-state index in [2.05, 4.69) is 15.5 Å². The molecule has 0 radical (unpaired) electrons. The van der Waals surface area contributed by atoms with Crippen LogP contribution in [0.5, 0.6) is 5.75 Å². The molecule has 0 bridgehead atoms. The van der Waals surface area contributed by atoms with Crippen LogP contribution in [-0.2, 0) is 4.79 Å². The fourth-order valence-electron chi connectivity index (χ4n) is 2.92. The van der Waals surface area contributed by atoms with Crippen LogP contribution in [0.3, 0.4) is 0 Å². The number of hydrogen-bond donors (Lipinski definition) is 2. The van der Waals surface area contributed by atoms with E-state index in [1.165, 1.54) is 24.2 Å². The lowest BCUT2D eigenvalue weighted by molar-refractivity contribution is -0.120. The van der Waals surface area contributed by atoms with E-state index < -0.39 is 0 Å². The highest BCUT2D eigenvalue weighted by Gasteiger charge is 2.13. The van der Waals surface area contributed by atoms with Gasteiger partial charge < -0.3 is 20.3 Å². The normalized spacial score (nSPS) is 14.6. The minimum atomic E-state index is -0.227. The topological polar surface area (TPSA) is 70.7 Å². The van der Waals surface area contributed by atoms with Crippen LogP contribution >= 0.6 is 11.3 Å². The number of benzene rings is 1. The molecule has 2 heterocycles. The van der Waals surface area contributed by atoms with E-state index in [9.17, 15) is 9.59 Å². The standard InChI is InChI=1S/C18H23N3O3S/c1-24-14-5-4-13-10-16(25-15(13)11-14)18(23)20-12-17(22)19-6-9-21-7-2-3-8-21/h4-5,10-11H,2-3,6-9,12H2,1H3,(H,19,22)(H,20,23). The van der Waals surface area contributed by atoms with Gasteiger partial charge in [-0.05, 0) is 55.6 Å². The number of methoxy groups -OCH3 is 1. The van der Waals surface area contributed by atoms with Gasteiger partial charge in [0.1, 0.15) is 5.75 Å². The highest BCUT2D eigenvalue weighted by molar-refractivity contribution is 7.20. The van der Waals surface area contributed by atoms with Gasteiger partial charge in [0.25, 0.3) is 5.91 Å². The number of hydrogen-bond acceptors (Lipinski definition) is 5. The molecule has 6 nitrogen and oxygen atoms in total. The number of nitrogens with one attached hydrogen (secondary N) is 2. The van der Waals surface area contributed by atoms with Crippen molar-refractivity contribution in [2.24, 2.45) is 0 Å². The van der Waals surface area contributed by atoms with E-state index in [0.717, 1.165) is 35.5 Å². The van der Waals surface area contributed by atoms with E-state index in [0.29, 0.717) is 11.4 Å². The molecule has 134 valence electrons. The molecule has 25 heavy (non-hydrogen) atoms. The third kappa shape index (κ3) is 4.70. The van der Waals surface area contributed by atoms with Crippen LogP contribution in [-0.4, -0.2) is 56.5 Å². The largest absolute Gasteiger partial charge is 0.497 e. The molecule has 2 N–H and O–H groups in total. The van der Waals surface area contributed by atoms with Crippen molar-refractivity contribution in [3.8, 4) is 5.75 Å². The number of carbonyl (C=O) groups is 2. The summed E-state index contributed by atoms with van der Waals surface area (Å²) < 4.78 is 6.18. The van der Waals surface area contributed by atoms with Crippen molar-refractivity contribution >= 4 is 33.2 Å². The summed E-state index contributed by atoms with van der Waals surface area (Å²) in [6, 6.07) is 7.53. The lowest BCUT2D eigenvalue weighted by Crippen LogP contribution is -2.39. The molecule has 1 fully saturated rings. The highest BCUT2D eigenvalue weighted by Crippen LogP contribution is 2.29. The summed E-state index contributed by atoms with van der Waals surface area (Å²) in [5.74, 6) is 0.379. The van der Waals surface area contributed by atoms with Crippen LogP contribution in [0.1, 0.15) is 22.5 Å². The quantitative estimate of drug-likeness (QED) is 0.790. The molecule has 0 aliphatic carbocycles. The lowest BCUT2D eigenvalue weighted by atomic mass is 10.2. The zero-order valence-corrected chi connectivity index (χ0v) is 15.2. The van der Waals surface area contributed by atoms with E-state index in [1.54, 1.807) is 7.11 Å². The Balaban J connectivity index is 1.46. The fourth-order valence-corrected chi connectivity index (χ4v) is 3.93. The third-order valence-corrected chi connectivity index (χ3v) is 5.41. The van der Waals surface area contributed by atoms with Crippen LogP contribution < -0.4 is 15.4 Å². The molecule has 3 rings (SSSR count). The molecule has 0 spiro atoms. The van der Waals surface area contributed by atoms with Gasteiger partial charge in [0.05, 0.1) is 18.5 Å². The first-order valence-corrected chi connectivity index (χ1v) is 9.32. The first-order chi connectivity index (χ1) is 12.2. The molecule has 1 saturated heterocycles. The maximum Gasteiger partial charge on any atom is 0.261 e. The van der Waals surface area contributed by atoms with Gasteiger partial charge in [-0.2, -0.15) is 0 Å². The fraction of sp³-hybridized carbons (Fsp3) is 0.444. The number of amides is 2. The summed E-state index contributed by atoms with van der Waals surface area (Å²) in [6.45, 7) is 3.72. The Hall–Kier alpha value is -2.12. The molecule has 7 heteroatoms. The maximum absolute atomic E-state index is 12.2. The number of fused-ring (bicyclic) bond motifs is 1. The number of thiophene rings is 1. The zero-order chi connectivity index (χ0) is 17.6. The van der Waals surface area contributed by atoms with E-state index >= 15 is 0 Å². The van der Waals surface area contributed by atoms with Crippen LogP contribution in [0.4, 0.5) is 0 Å². The van der Waals surface area contributed by atoms with Crippen molar-refractivity contribution in [1.29, 1.82) is 0 Å². The summed E-state index contributed by atoms with van der Waals surface area (Å²) in [5, 5.41) is 6.52. The molecule has 2 aromatic rings. The van der Waals surface area contributed by atoms with Gasteiger partial charge >= 0.3 is 0 Å². The minimum absolute atomic E-state index is 0.00357. The van der Waals surface area contributed by atoms with Gasteiger partial charge in [-0.1, -0.05) is 0 Å². The maximum atomic E-state index is 12.2. The molecule has 1 aliphatic heterocycles. The number of ether oxygens (including phenoxy) is 1. The summed E-state index contributed by atoms with van der Waals surface area (Å²) in [4.78, 5) is 27.0. The summed E-state index contributed by atoms with van der Waals surface area (Å²) in [5.41, 5.74) is 0. The zero-order valence-electron chi connectivity index (χ0n) is 14.3. The number of rotatable bonds is 7. The Morgan fingerprint density at radius 1 is 1.20 bits per heavy atom. The number of nitrogens with zero attached hydrogens (tertiary/aromatic N) is 1. The van der Waals surface area contributed by atoms with Gasteiger partial charge in [-0.15, -0.1) is 11.3 Å². The van der Waals surface area contributed by atoms with Gasteiger partial charge in [-0.25, -0.2) is 0 Å². The van der Waals surface area contributed by atoms with Crippen molar-refractivity contribution in [2.75, 3.05) is 39.8 Å². The molecular formula is C18H23N3O3S. The molecule has 0 saturated carbocycles. The second-order valence-corrected chi connectivity index (χ2v) is 7.18. The lowest BCUT2D eigenvalue weighted by Gasteiger charge is -2.14. The van der Waals surface area contributed by atoms with Crippen LogP contribution in [0.2, 0.25) is 0 Å². The number of carbonyl (C=O) groups excluding carboxylic acids is 2. The van der Waals surface area contributed by atoms with Gasteiger partial charge in [0, 0.05) is 17.8 Å². The predicted octanol–water partition coefficient (Wildman–Crippen LogP) is 1.85. The monoisotopic (exact) mass is 361 g/mol.